The summed E-state index contributed by atoms with van der Waals surface area (Å²) in [6.45, 7) is 5.59. The Labute approximate surface area is 201 Å². The number of halogens is 6. The van der Waals surface area contributed by atoms with Crippen molar-refractivity contribution in [3.05, 3.63) is 30.1 Å². The van der Waals surface area contributed by atoms with E-state index in [-0.39, 0.29) is 0 Å². The first-order chi connectivity index (χ1) is 16.7. The summed E-state index contributed by atoms with van der Waals surface area (Å²) in [6, 6.07) is 6.07. The molecule has 0 bridgehead atoms. The average molecular weight is 529 g/mol. The number of amides is 1. The molecule has 1 amide bonds. The molecule has 202 valence electrons. The number of carboxylic acids is 2. The molecular weight excluding hydrogens is 504 g/mol. The van der Waals surface area contributed by atoms with Crippen molar-refractivity contribution in [2.45, 2.75) is 37.8 Å². The van der Waals surface area contributed by atoms with Gasteiger partial charge in [-0.3, -0.25) is 14.7 Å². The highest BCUT2D eigenvalue weighted by atomic mass is 19.4. The van der Waals surface area contributed by atoms with E-state index in [1.54, 1.807) is 0 Å². The number of likely N-dealkylation sites (tertiary alicyclic amines) is 2. The minimum atomic E-state index is -5.08. The predicted molar refractivity (Wildman–Crippen MR) is 109 cm³/mol. The molecule has 9 nitrogen and oxygen atoms in total. The molecule has 1 aromatic rings. The standard InChI is InChI=1S/C17H23N3O2.2C2HF3O2/c21-17-5-3-7-20(17)8-13-12-22-16-11-19(10-15(13)16)9-14-4-1-2-6-18-14;2*3-2(4,5)1(6)7/h1-2,4,6,13,15-16H,3,5,7-12H2;2*(H,6,7)/t13-,15-,16-;;/m1../s1. The molecule has 3 saturated heterocycles. The number of aromatic nitrogens is 1. The Morgan fingerprint density at radius 2 is 1.67 bits per heavy atom. The van der Waals surface area contributed by atoms with Gasteiger partial charge in [0.25, 0.3) is 0 Å². The molecule has 3 fully saturated rings. The molecule has 0 spiro atoms. The number of alkyl halides is 6. The molecule has 3 atom stereocenters. The zero-order valence-electron chi connectivity index (χ0n) is 18.8. The molecular formula is C21H25F6N3O6. The molecule has 0 unspecified atom stereocenters. The topological polar surface area (TPSA) is 120 Å². The van der Waals surface area contributed by atoms with Gasteiger partial charge in [0.15, 0.2) is 0 Å². The molecule has 4 heterocycles. The number of aliphatic carboxylic acids is 2. The fraction of sp³-hybridized carbons (Fsp3) is 0.619. The predicted octanol–water partition coefficient (Wildman–Crippen LogP) is 2.42. The lowest BCUT2D eigenvalue weighted by Gasteiger charge is -2.24. The fourth-order valence-electron chi connectivity index (χ4n) is 4.10. The minimum Gasteiger partial charge on any atom is -0.475 e. The quantitative estimate of drug-likeness (QED) is 0.571. The smallest absolute Gasteiger partial charge is 0.475 e. The monoisotopic (exact) mass is 529 g/mol. The van der Waals surface area contributed by atoms with Crippen LogP contribution in [0.1, 0.15) is 18.5 Å². The molecule has 3 aliphatic rings. The highest BCUT2D eigenvalue weighted by molar-refractivity contribution is 5.78. The Bertz CT molecular complexity index is 874. The van der Waals surface area contributed by atoms with Crippen LogP contribution in [0, 0.1) is 11.8 Å². The van der Waals surface area contributed by atoms with Gasteiger partial charge in [0, 0.05) is 57.2 Å². The van der Waals surface area contributed by atoms with Gasteiger partial charge in [-0.1, -0.05) is 6.07 Å². The van der Waals surface area contributed by atoms with Crippen LogP contribution in [0.5, 0.6) is 0 Å². The van der Waals surface area contributed by atoms with Crippen molar-refractivity contribution in [3.8, 4) is 0 Å². The number of ether oxygens (including phenoxy) is 1. The lowest BCUT2D eigenvalue weighted by molar-refractivity contribution is -0.193. The lowest BCUT2D eigenvalue weighted by Crippen LogP contribution is -2.35. The molecule has 2 N–H and O–H groups in total. The molecule has 3 aliphatic heterocycles. The van der Waals surface area contributed by atoms with Crippen molar-refractivity contribution < 1.29 is 55.7 Å². The summed E-state index contributed by atoms with van der Waals surface area (Å²) < 4.78 is 69.5. The van der Waals surface area contributed by atoms with E-state index >= 15 is 0 Å². The zero-order chi connectivity index (χ0) is 27.1. The van der Waals surface area contributed by atoms with E-state index in [9.17, 15) is 31.1 Å². The van der Waals surface area contributed by atoms with Crippen LogP contribution in [0.2, 0.25) is 0 Å². The fourth-order valence-corrected chi connectivity index (χ4v) is 4.10. The summed E-state index contributed by atoms with van der Waals surface area (Å²) in [6.07, 6.45) is -6.23. The Morgan fingerprint density at radius 1 is 1.06 bits per heavy atom. The third-order valence-corrected chi connectivity index (χ3v) is 5.74. The molecule has 0 saturated carbocycles. The maximum absolute atomic E-state index is 11.8. The van der Waals surface area contributed by atoms with Crippen molar-refractivity contribution in [1.29, 1.82) is 0 Å². The van der Waals surface area contributed by atoms with Crippen molar-refractivity contribution in [3.63, 3.8) is 0 Å². The highest BCUT2D eigenvalue weighted by Gasteiger charge is 2.45. The van der Waals surface area contributed by atoms with E-state index in [0.29, 0.717) is 23.8 Å². The largest absolute Gasteiger partial charge is 0.490 e. The number of hydrogen-bond donors (Lipinski definition) is 2. The Morgan fingerprint density at radius 3 is 2.14 bits per heavy atom. The van der Waals surface area contributed by atoms with Crippen LogP contribution < -0.4 is 0 Å². The van der Waals surface area contributed by atoms with E-state index in [0.717, 1.165) is 57.9 Å². The SMILES string of the molecule is O=C(O)C(F)(F)F.O=C(O)C(F)(F)F.O=C1CCCN1C[C@@H]1CO[C@@H]2CN(Cc3ccccn3)C[C@H]12. The normalized spacial score (nSPS) is 23.9. The maximum Gasteiger partial charge on any atom is 0.490 e. The average Bonchev–Trinajstić information content (AvgIpc) is 3.46. The Kier molecular flexibility index (Phi) is 10.0. The van der Waals surface area contributed by atoms with Gasteiger partial charge in [-0.25, -0.2) is 9.59 Å². The van der Waals surface area contributed by atoms with Crippen LogP contribution in [-0.4, -0.2) is 94.1 Å². The van der Waals surface area contributed by atoms with Gasteiger partial charge >= 0.3 is 24.3 Å². The molecule has 36 heavy (non-hydrogen) atoms. The number of pyridine rings is 1. The molecule has 15 heteroatoms. The lowest BCUT2D eigenvalue weighted by atomic mass is 9.93. The highest BCUT2D eigenvalue weighted by Crippen LogP contribution is 2.35. The van der Waals surface area contributed by atoms with Crippen LogP contribution in [-0.2, 0) is 25.7 Å². The molecule has 0 radical (unpaired) electrons. The number of carboxylic acid groups (broad SMARTS) is 2. The second-order valence-electron chi connectivity index (χ2n) is 8.36. The number of rotatable bonds is 4. The summed E-state index contributed by atoms with van der Waals surface area (Å²) in [5.41, 5.74) is 1.12. The first-order valence-corrected chi connectivity index (χ1v) is 10.8. The summed E-state index contributed by atoms with van der Waals surface area (Å²) in [5, 5.41) is 14.2. The van der Waals surface area contributed by atoms with Crippen LogP contribution in [0.15, 0.2) is 24.4 Å². The maximum atomic E-state index is 11.8. The Balaban J connectivity index is 0.000000271. The van der Waals surface area contributed by atoms with Crippen molar-refractivity contribution in [2.75, 3.05) is 32.8 Å². The van der Waals surface area contributed by atoms with E-state index in [1.165, 1.54) is 0 Å². The molecule has 0 aliphatic carbocycles. The van der Waals surface area contributed by atoms with E-state index in [1.807, 2.05) is 23.2 Å². The summed E-state index contributed by atoms with van der Waals surface area (Å²) in [4.78, 5) is 38.5. The third-order valence-electron chi connectivity index (χ3n) is 5.74. The van der Waals surface area contributed by atoms with Crippen LogP contribution in [0.25, 0.3) is 0 Å². The van der Waals surface area contributed by atoms with Gasteiger partial charge in [0.05, 0.1) is 18.4 Å². The zero-order valence-corrected chi connectivity index (χ0v) is 18.8. The van der Waals surface area contributed by atoms with Crippen molar-refractivity contribution in [2.24, 2.45) is 11.8 Å². The first-order valence-electron chi connectivity index (χ1n) is 10.8. The van der Waals surface area contributed by atoms with Crippen molar-refractivity contribution in [1.82, 2.24) is 14.8 Å². The summed E-state index contributed by atoms with van der Waals surface area (Å²) >= 11 is 0. The van der Waals surface area contributed by atoms with Gasteiger partial charge in [0.2, 0.25) is 5.91 Å². The summed E-state index contributed by atoms with van der Waals surface area (Å²) in [5.74, 6) is -4.12. The van der Waals surface area contributed by atoms with Gasteiger partial charge in [-0.05, 0) is 18.6 Å². The minimum absolute atomic E-state index is 0.326. The van der Waals surface area contributed by atoms with Crippen LogP contribution >= 0.6 is 0 Å². The number of carbonyl (C=O) groups excluding carboxylic acids is 1. The molecule has 4 rings (SSSR count). The summed E-state index contributed by atoms with van der Waals surface area (Å²) in [7, 11) is 0. The number of carbonyl (C=O) groups is 3. The van der Waals surface area contributed by atoms with Gasteiger partial charge in [-0.15, -0.1) is 0 Å². The Hall–Kier alpha value is -2.94. The van der Waals surface area contributed by atoms with Gasteiger partial charge in [0.1, 0.15) is 0 Å². The van der Waals surface area contributed by atoms with E-state index < -0.39 is 24.3 Å². The van der Waals surface area contributed by atoms with E-state index in [4.69, 9.17) is 24.5 Å². The second-order valence-corrected chi connectivity index (χ2v) is 8.36. The number of hydrogen-bond acceptors (Lipinski definition) is 6. The third kappa shape index (κ3) is 8.93. The van der Waals surface area contributed by atoms with Crippen LogP contribution in [0.4, 0.5) is 26.3 Å². The molecule has 0 aromatic carbocycles. The van der Waals surface area contributed by atoms with Crippen molar-refractivity contribution >= 4 is 17.8 Å². The van der Waals surface area contributed by atoms with E-state index in [2.05, 4.69) is 16.0 Å². The van der Waals surface area contributed by atoms with Crippen LogP contribution in [0.3, 0.4) is 0 Å². The van der Waals surface area contributed by atoms with Gasteiger partial charge < -0.3 is 19.8 Å². The molecule has 1 aromatic heterocycles. The number of fused-ring (bicyclic) bond motifs is 1. The first kappa shape index (κ1) is 29.3. The number of nitrogens with zero attached hydrogens (tertiary/aromatic N) is 3. The second kappa shape index (κ2) is 12.3. The van der Waals surface area contributed by atoms with Gasteiger partial charge in [-0.2, -0.15) is 26.3 Å².